The van der Waals surface area contributed by atoms with E-state index in [1.165, 1.54) is 28.3 Å². The standard InChI is InChI=1S/C31H29F6N5O4/c1-3-23-13-26(24-12-21(30(32,33)34)6-7-25(24)42(23)29(45)46-4-2)41(28-39-15-18(16-40-28)5-8-27(43)44)17-20-9-19(14-38)10-22(11-20)31(35,36)37/h6-7,9-12,15-16,23,26H,3-5,8,13,17H2,1-2H3,(H,43,44)/t23-,26+/m1/s1. The molecule has 0 aliphatic carbocycles. The number of benzene rings is 2. The maximum atomic E-state index is 14.0. The number of amides is 1. The molecule has 1 N–H and O–H groups in total. The first kappa shape index (κ1) is 34.0. The lowest BCUT2D eigenvalue weighted by atomic mass is 9.87. The zero-order valence-corrected chi connectivity index (χ0v) is 24.7. The van der Waals surface area contributed by atoms with E-state index in [9.17, 15) is 41.2 Å². The van der Waals surface area contributed by atoms with Gasteiger partial charge in [0, 0.05) is 31.4 Å². The Kier molecular flexibility index (Phi) is 10.1. The van der Waals surface area contributed by atoms with E-state index in [0.717, 1.165) is 24.3 Å². The Morgan fingerprint density at radius 3 is 2.26 bits per heavy atom. The summed E-state index contributed by atoms with van der Waals surface area (Å²) < 4.78 is 88.4. The summed E-state index contributed by atoms with van der Waals surface area (Å²) in [5.41, 5.74) is -1.75. The maximum absolute atomic E-state index is 14.0. The number of nitrogens with zero attached hydrogens (tertiary/aromatic N) is 5. The third-order valence-electron chi connectivity index (χ3n) is 7.52. The number of alkyl halides is 6. The number of ether oxygens (including phenoxy) is 1. The monoisotopic (exact) mass is 649 g/mol. The minimum atomic E-state index is -4.79. The van der Waals surface area contributed by atoms with Crippen LogP contribution < -0.4 is 9.80 Å². The summed E-state index contributed by atoms with van der Waals surface area (Å²) in [7, 11) is 0. The number of hydrogen-bond acceptors (Lipinski definition) is 7. The van der Waals surface area contributed by atoms with Crippen LogP contribution in [0.2, 0.25) is 0 Å². The lowest BCUT2D eigenvalue weighted by molar-refractivity contribution is -0.138. The van der Waals surface area contributed by atoms with E-state index >= 15 is 0 Å². The third kappa shape index (κ3) is 7.67. The fourth-order valence-electron chi connectivity index (χ4n) is 5.39. The van der Waals surface area contributed by atoms with Gasteiger partial charge in [-0.25, -0.2) is 14.8 Å². The van der Waals surface area contributed by atoms with Crippen LogP contribution in [-0.2, 0) is 34.8 Å². The van der Waals surface area contributed by atoms with Gasteiger partial charge in [-0.1, -0.05) is 6.92 Å². The van der Waals surface area contributed by atoms with Crippen LogP contribution in [0.15, 0.2) is 48.8 Å². The van der Waals surface area contributed by atoms with Crippen LogP contribution in [0.25, 0.3) is 0 Å². The van der Waals surface area contributed by atoms with Gasteiger partial charge in [0.25, 0.3) is 0 Å². The van der Waals surface area contributed by atoms with Crippen LogP contribution in [0.4, 0.5) is 42.8 Å². The second-order valence-corrected chi connectivity index (χ2v) is 10.6. The smallest absolute Gasteiger partial charge is 0.416 e. The van der Waals surface area contributed by atoms with Crippen molar-refractivity contribution in [3.05, 3.63) is 82.2 Å². The molecule has 3 aromatic rings. The number of carbonyl (C=O) groups excluding carboxylic acids is 1. The van der Waals surface area contributed by atoms with Crippen molar-refractivity contribution in [3.8, 4) is 6.07 Å². The molecule has 0 spiro atoms. The number of aryl methyl sites for hydroxylation is 1. The van der Waals surface area contributed by atoms with Gasteiger partial charge in [-0.3, -0.25) is 9.69 Å². The van der Waals surface area contributed by atoms with Crippen molar-refractivity contribution in [2.75, 3.05) is 16.4 Å². The first-order chi connectivity index (χ1) is 21.7. The van der Waals surface area contributed by atoms with Crippen molar-refractivity contribution >= 4 is 23.7 Å². The third-order valence-corrected chi connectivity index (χ3v) is 7.52. The van der Waals surface area contributed by atoms with Gasteiger partial charge < -0.3 is 14.7 Å². The number of carboxylic acid groups (broad SMARTS) is 1. The minimum absolute atomic E-state index is 0.0100. The zero-order chi connectivity index (χ0) is 33.8. The quantitative estimate of drug-likeness (QED) is 0.240. The first-order valence-electron chi connectivity index (χ1n) is 14.2. The van der Waals surface area contributed by atoms with Gasteiger partial charge in [0.2, 0.25) is 5.95 Å². The molecule has 2 aromatic carbocycles. The first-order valence-corrected chi connectivity index (χ1v) is 14.2. The fraction of sp³-hybridized carbons (Fsp3) is 0.387. The summed E-state index contributed by atoms with van der Waals surface area (Å²) in [5.74, 6) is -1.12. The van der Waals surface area contributed by atoms with Gasteiger partial charge >= 0.3 is 24.4 Å². The number of fused-ring (bicyclic) bond motifs is 1. The van der Waals surface area contributed by atoms with Gasteiger partial charge in [0.05, 0.1) is 41.1 Å². The Labute approximate surface area is 260 Å². The van der Waals surface area contributed by atoms with Gasteiger partial charge in [-0.05, 0) is 79.3 Å². The van der Waals surface area contributed by atoms with E-state index in [2.05, 4.69) is 9.97 Å². The Balaban J connectivity index is 1.92. The fourth-order valence-corrected chi connectivity index (χ4v) is 5.39. The number of hydrogen-bond donors (Lipinski definition) is 1. The van der Waals surface area contributed by atoms with Gasteiger partial charge in [-0.15, -0.1) is 0 Å². The topological polar surface area (TPSA) is 120 Å². The lowest BCUT2D eigenvalue weighted by Crippen LogP contribution is -2.48. The Morgan fingerprint density at radius 1 is 1.02 bits per heavy atom. The van der Waals surface area contributed by atoms with Crippen molar-refractivity contribution in [2.45, 2.75) is 70.5 Å². The molecule has 2 atom stereocenters. The number of carbonyl (C=O) groups is 2. The van der Waals surface area contributed by atoms with Gasteiger partial charge in [-0.2, -0.15) is 31.6 Å². The number of anilines is 2. The zero-order valence-electron chi connectivity index (χ0n) is 24.7. The van der Waals surface area contributed by atoms with Crippen LogP contribution in [0.3, 0.4) is 0 Å². The molecule has 0 radical (unpaired) electrons. The van der Waals surface area contributed by atoms with Crippen LogP contribution >= 0.6 is 0 Å². The van der Waals surface area contributed by atoms with Gasteiger partial charge in [0.15, 0.2) is 0 Å². The number of aliphatic carboxylic acids is 1. The summed E-state index contributed by atoms with van der Waals surface area (Å²) in [4.78, 5) is 35.5. The molecule has 0 fully saturated rings. The number of carboxylic acids is 1. The SMILES string of the molecule is CCOC(=O)N1c2ccc(C(F)(F)F)cc2[C@@H](N(Cc2cc(C#N)cc(C(F)(F)F)c2)c2ncc(CCC(=O)O)cn2)C[C@H]1CC. The number of aromatic nitrogens is 2. The maximum Gasteiger partial charge on any atom is 0.416 e. The molecular formula is C31H29F6N5O4. The molecule has 0 saturated heterocycles. The Morgan fingerprint density at radius 2 is 1.70 bits per heavy atom. The van der Waals surface area contributed by atoms with Crippen molar-refractivity contribution in [2.24, 2.45) is 0 Å². The second-order valence-electron chi connectivity index (χ2n) is 10.6. The molecule has 0 unspecified atom stereocenters. The molecule has 9 nitrogen and oxygen atoms in total. The van der Waals surface area contributed by atoms with Crippen LogP contribution in [0.1, 0.15) is 72.5 Å². The van der Waals surface area contributed by atoms with E-state index < -0.39 is 47.6 Å². The van der Waals surface area contributed by atoms with Crippen LogP contribution in [0, 0.1) is 11.3 Å². The largest absolute Gasteiger partial charge is 0.481 e. The number of rotatable bonds is 9. The van der Waals surface area contributed by atoms with Crippen molar-refractivity contribution in [1.82, 2.24) is 9.97 Å². The van der Waals surface area contributed by atoms with Crippen LogP contribution in [0.5, 0.6) is 0 Å². The number of halogens is 6. The van der Waals surface area contributed by atoms with Crippen molar-refractivity contribution in [1.29, 1.82) is 5.26 Å². The second kappa shape index (κ2) is 13.6. The van der Waals surface area contributed by atoms with E-state index in [4.69, 9.17) is 9.84 Å². The average molecular weight is 650 g/mol. The molecule has 1 amide bonds. The molecule has 1 aromatic heterocycles. The predicted octanol–water partition coefficient (Wildman–Crippen LogP) is 7.30. The average Bonchev–Trinajstić information content (AvgIpc) is 3.01. The lowest BCUT2D eigenvalue weighted by Gasteiger charge is -2.44. The van der Waals surface area contributed by atoms with Crippen molar-refractivity contribution < 1.29 is 45.8 Å². The summed E-state index contributed by atoms with van der Waals surface area (Å²) in [6, 6.07) is 5.78. The molecule has 1 aliphatic rings. The molecule has 1 aliphatic heterocycles. The molecule has 15 heteroatoms. The normalized spacial score (nSPS) is 16.4. The molecule has 46 heavy (non-hydrogen) atoms. The Hall–Kier alpha value is -4.87. The van der Waals surface area contributed by atoms with E-state index in [1.807, 2.05) is 0 Å². The molecule has 0 saturated carbocycles. The highest BCUT2D eigenvalue weighted by atomic mass is 19.4. The van der Waals surface area contributed by atoms with E-state index in [-0.39, 0.29) is 60.7 Å². The molecule has 4 rings (SSSR count). The van der Waals surface area contributed by atoms with E-state index in [1.54, 1.807) is 19.9 Å². The summed E-state index contributed by atoms with van der Waals surface area (Å²) >= 11 is 0. The highest BCUT2D eigenvalue weighted by Crippen LogP contribution is 2.45. The molecule has 2 heterocycles. The highest BCUT2D eigenvalue weighted by molar-refractivity contribution is 5.90. The van der Waals surface area contributed by atoms with E-state index in [0.29, 0.717) is 18.1 Å². The summed E-state index contributed by atoms with van der Waals surface area (Å²) in [6.07, 6.45) is -7.40. The summed E-state index contributed by atoms with van der Waals surface area (Å²) in [6.45, 7) is 3.01. The van der Waals surface area contributed by atoms with Crippen molar-refractivity contribution in [3.63, 3.8) is 0 Å². The molecule has 244 valence electrons. The molecule has 0 bridgehead atoms. The van der Waals surface area contributed by atoms with Crippen LogP contribution in [-0.4, -0.2) is 39.8 Å². The summed E-state index contributed by atoms with van der Waals surface area (Å²) in [5, 5.41) is 18.5. The predicted molar refractivity (Wildman–Crippen MR) is 153 cm³/mol. The highest BCUT2D eigenvalue weighted by Gasteiger charge is 2.42. The minimum Gasteiger partial charge on any atom is -0.481 e. The molecular weight excluding hydrogens is 620 g/mol. The van der Waals surface area contributed by atoms with Gasteiger partial charge in [0.1, 0.15) is 0 Å². The number of nitriles is 1. The Bertz CT molecular complexity index is 1620.